The molecule has 1 aromatic heterocycles. The number of hydrogen-bond donors (Lipinski definition) is 0. The maximum Gasteiger partial charge on any atom is 0.338 e. The Labute approximate surface area is 197 Å². The third-order valence-electron chi connectivity index (χ3n) is 6.07. The largest absolute Gasteiger partial charge is 0.493 e. The molecule has 33 heavy (non-hydrogen) atoms. The molecule has 2 aromatic carbocycles. The first-order valence-corrected chi connectivity index (χ1v) is 12.1. The lowest BCUT2D eigenvalue weighted by Gasteiger charge is -2.23. The van der Waals surface area contributed by atoms with E-state index in [-0.39, 0.29) is 11.7 Å². The van der Waals surface area contributed by atoms with E-state index in [9.17, 15) is 4.79 Å². The number of para-hydroxylation sites is 1. The highest BCUT2D eigenvalue weighted by Crippen LogP contribution is 2.36. The fourth-order valence-electron chi connectivity index (χ4n) is 4.14. The van der Waals surface area contributed by atoms with E-state index in [2.05, 4.69) is 13.8 Å². The average Bonchev–Trinajstić information content (AvgIpc) is 2.82. The number of rotatable bonds is 13. The molecule has 1 unspecified atom stereocenters. The molecule has 3 aromatic rings. The molecule has 0 N–H and O–H groups in total. The molecule has 0 radical (unpaired) electrons. The molecule has 1 atom stereocenters. The molecule has 178 valence electrons. The van der Waals surface area contributed by atoms with Crippen molar-refractivity contribution in [2.45, 2.75) is 71.3 Å². The summed E-state index contributed by atoms with van der Waals surface area (Å²) in [4.78, 5) is 14.1. The van der Waals surface area contributed by atoms with E-state index < -0.39 is 0 Å². The molecule has 0 amide bonds. The second-order valence-corrected chi connectivity index (χ2v) is 8.68. The number of fused-ring (bicyclic) bond motifs is 1. The Balaban J connectivity index is 1.70. The summed E-state index contributed by atoms with van der Waals surface area (Å²) in [6.07, 6.45) is 10.1. The maximum atomic E-state index is 12.1. The van der Waals surface area contributed by atoms with Crippen molar-refractivity contribution in [2.24, 2.45) is 0 Å². The van der Waals surface area contributed by atoms with Crippen LogP contribution in [-0.2, 0) is 0 Å². The number of hydrogen-bond acceptors (Lipinski definition) is 5. The zero-order valence-corrected chi connectivity index (χ0v) is 20.4. The minimum atomic E-state index is -0.371. The Hall–Kier alpha value is -2.95. The topological polar surface area (TPSA) is 51.9 Å². The third kappa shape index (κ3) is 6.77. The van der Waals surface area contributed by atoms with Crippen molar-refractivity contribution in [3.63, 3.8) is 0 Å². The molecule has 3 rings (SSSR count). The lowest BCUT2D eigenvalue weighted by atomic mass is 10.1. The van der Waals surface area contributed by atoms with E-state index in [1.54, 1.807) is 7.11 Å². The van der Waals surface area contributed by atoms with E-state index in [1.165, 1.54) is 51.0 Å². The van der Waals surface area contributed by atoms with Crippen molar-refractivity contribution in [1.29, 1.82) is 0 Å². The maximum absolute atomic E-state index is 12.1. The molecular weight excluding hydrogens is 414 g/mol. The van der Waals surface area contributed by atoms with E-state index in [0.717, 1.165) is 23.2 Å². The van der Waals surface area contributed by atoms with Gasteiger partial charge in [-0.05, 0) is 44.0 Å². The van der Waals surface area contributed by atoms with Crippen LogP contribution in [0, 0.1) is 0 Å². The summed E-state index contributed by atoms with van der Waals surface area (Å²) < 4.78 is 17.2. The fraction of sp³-hybridized carbons (Fsp3) is 0.464. The van der Waals surface area contributed by atoms with E-state index >= 15 is 0 Å². The monoisotopic (exact) mass is 451 g/mol. The Morgan fingerprint density at radius 3 is 2.42 bits per heavy atom. The van der Waals surface area contributed by atoms with E-state index in [4.69, 9.17) is 13.9 Å². The first-order chi connectivity index (χ1) is 16.0. The minimum Gasteiger partial charge on any atom is -0.493 e. The summed E-state index contributed by atoms with van der Waals surface area (Å²) in [7, 11) is 3.59. The van der Waals surface area contributed by atoms with Gasteiger partial charge in [0.15, 0.2) is 11.5 Å². The van der Waals surface area contributed by atoms with E-state index in [1.807, 2.05) is 54.4 Å². The molecule has 1 heterocycles. The Morgan fingerprint density at radius 2 is 1.67 bits per heavy atom. The summed E-state index contributed by atoms with van der Waals surface area (Å²) in [6.45, 7) is 4.36. The molecular formula is C28H37NO4. The summed E-state index contributed by atoms with van der Waals surface area (Å²) >= 11 is 0. The van der Waals surface area contributed by atoms with Crippen molar-refractivity contribution < 1.29 is 13.9 Å². The molecule has 0 spiro atoms. The molecule has 0 fully saturated rings. The predicted molar refractivity (Wildman–Crippen MR) is 136 cm³/mol. The number of benzene rings is 2. The van der Waals surface area contributed by atoms with Crippen LogP contribution in [0.3, 0.4) is 0 Å². The first kappa shape index (κ1) is 24.7. The fourth-order valence-corrected chi connectivity index (χ4v) is 4.14. The van der Waals surface area contributed by atoms with Crippen LogP contribution in [0.1, 0.15) is 65.2 Å². The van der Waals surface area contributed by atoms with Crippen molar-refractivity contribution in [2.75, 3.05) is 19.1 Å². The molecule has 0 saturated carbocycles. The summed E-state index contributed by atoms with van der Waals surface area (Å²) in [5.74, 6) is 1.42. The summed E-state index contributed by atoms with van der Waals surface area (Å²) in [6, 6.07) is 14.9. The van der Waals surface area contributed by atoms with Crippen molar-refractivity contribution in [1.82, 2.24) is 0 Å². The van der Waals surface area contributed by atoms with Crippen LogP contribution in [-0.4, -0.2) is 20.3 Å². The molecule has 0 aliphatic carbocycles. The molecule has 5 nitrogen and oxygen atoms in total. The van der Waals surface area contributed by atoms with Gasteiger partial charge in [-0.25, -0.2) is 4.79 Å². The highest BCUT2D eigenvalue weighted by Gasteiger charge is 2.15. The lowest BCUT2D eigenvalue weighted by Crippen LogP contribution is -2.15. The molecule has 0 aliphatic rings. The predicted octanol–water partition coefficient (Wildman–Crippen LogP) is 7.48. The Kier molecular flexibility index (Phi) is 9.23. The SMILES string of the molecule is CCCCCCCCCC(C)Oc1cc(N(C)c2cc(=O)oc3ccccc23)ccc1OC. The zero-order valence-electron chi connectivity index (χ0n) is 20.4. The van der Waals surface area contributed by atoms with Gasteiger partial charge in [-0.2, -0.15) is 0 Å². The van der Waals surface area contributed by atoms with Crippen LogP contribution in [0.25, 0.3) is 11.0 Å². The van der Waals surface area contributed by atoms with Crippen molar-refractivity contribution in [3.8, 4) is 11.5 Å². The number of ether oxygens (including phenoxy) is 2. The average molecular weight is 452 g/mol. The second kappa shape index (κ2) is 12.3. The highest BCUT2D eigenvalue weighted by molar-refractivity contribution is 5.92. The molecule has 5 heteroatoms. The number of nitrogens with zero attached hydrogens (tertiary/aromatic N) is 1. The number of unbranched alkanes of at least 4 members (excludes halogenated alkanes) is 6. The van der Waals surface area contributed by atoms with Gasteiger partial charge in [0, 0.05) is 30.3 Å². The lowest BCUT2D eigenvalue weighted by molar-refractivity contribution is 0.197. The standard InChI is InChI=1S/C28H37NO4/c1-5-6-7-8-9-10-11-14-21(2)32-27-19-22(17-18-26(27)31-4)29(3)24-20-28(30)33-25-16-13-12-15-23(24)25/h12-13,15-21H,5-11,14H2,1-4H3. The molecule has 0 saturated heterocycles. The van der Waals surface area contributed by atoms with Crippen LogP contribution in [0.4, 0.5) is 11.4 Å². The van der Waals surface area contributed by atoms with Crippen LogP contribution in [0.2, 0.25) is 0 Å². The van der Waals surface area contributed by atoms with Gasteiger partial charge in [-0.3, -0.25) is 0 Å². The quantitative estimate of drug-likeness (QED) is 0.199. The van der Waals surface area contributed by atoms with Crippen LogP contribution in [0.15, 0.2) is 57.7 Å². The van der Waals surface area contributed by atoms with Gasteiger partial charge in [-0.15, -0.1) is 0 Å². The van der Waals surface area contributed by atoms with Gasteiger partial charge < -0.3 is 18.8 Å². The normalized spacial score (nSPS) is 12.0. The summed E-state index contributed by atoms with van der Waals surface area (Å²) in [5.41, 5.74) is 1.89. The van der Waals surface area contributed by atoms with Crippen molar-refractivity contribution in [3.05, 3.63) is 59.0 Å². The van der Waals surface area contributed by atoms with Gasteiger partial charge in [0.2, 0.25) is 0 Å². The Morgan fingerprint density at radius 1 is 0.939 bits per heavy atom. The molecule has 0 bridgehead atoms. The third-order valence-corrected chi connectivity index (χ3v) is 6.07. The van der Waals surface area contributed by atoms with Gasteiger partial charge in [-0.1, -0.05) is 57.6 Å². The number of anilines is 2. The summed E-state index contributed by atoms with van der Waals surface area (Å²) in [5, 5.41) is 0.880. The van der Waals surface area contributed by atoms with E-state index in [0.29, 0.717) is 17.1 Å². The smallest absolute Gasteiger partial charge is 0.338 e. The van der Waals surface area contributed by atoms with Gasteiger partial charge >= 0.3 is 5.63 Å². The second-order valence-electron chi connectivity index (χ2n) is 8.68. The van der Waals surface area contributed by atoms with Crippen molar-refractivity contribution >= 4 is 22.3 Å². The number of methoxy groups -OCH3 is 1. The van der Waals surface area contributed by atoms with Crippen LogP contribution < -0.4 is 20.0 Å². The Bertz CT molecular complexity index is 1070. The first-order valence-electron chi connectivity index (χ1n) is 12.1. The minimum absolute atomic E-state index is 0.0969. The molecule has 0 aliphatic heterocycles. The highest BCUT2D eigenvalue weighted by atomic mass is 16.5. The van der Waals surface area contributed by atoms with Crippen LogP contribution in [0.5, 0.6) is 11.5 Å². The van der Waals surface area contributed by atoms with Gasteiger partial charge in [0.1, 0.15) is 5.58 Å². The van der Waals surface area contributed by atoms with Gasteiger partial charge in [0.25, 0.3) is 0 Å². The van der Waals surface area contributed by atoms with Gasteiger partial charge in [0.05, 0.1) is 18.9 Å². The zero-order chi connectivity index (χ0) is 23.6. The van der Waals surface area contributed by atoms with Crippen LogP contribution >= 0.6 is 0 Å².